The lowest BCUT2D eigenvalue weighted by Crippen LogP contribution is -2.60. The number of hydrogen-bond acceptors (Lipinski definition) is 4. The second-order valence-electron chi connectivity index (χ2n) is 11.0. The summed E-state index contributed by atoms with van der Waals surface area (Å²) >= 11 is 0. The summed E-state index contributed by atoms with van der Waals surface area (Å²) in [5.74, 6) is -0.403. The van der Waals surface area contributed by atoms with Gasteiger partial charge in [-0.15, -0.1) is 0 Å². The number of para-hydroxylation sites is 1. The molecule has 0 spiro atoms. The molecule has 2 heterocycles. The van der Waals surface area contributed by atoms with E-state index < -0.39 is 5.54 Å². The van der Waals surface area contributed by atoms with Crippen molar-refractivity contribution < 1.29 is 14.7 Å². The molecule has 5 rings (SSSR count). The van der Waals surface area contributed by atoms with Gasteiger partial charge in [0.2, 0.25) is 11.8 Å². The van der Waals surface area contributed by atoms with Crippen molar-refractivity contribution >= 4 is 22.7 Å². The lowest BCUT2D eigenvalue weighted by atomic mass is 9.71. The molecular formula is C32H36N4O3. The van der Waals surface area contributed by atoms with Gasteiger partial charge in [-0.05, 0) is 61.2 Å². The van der Waals surface area contributed by atoms with Crippen molar-refractivity contribution in [1.82, 2.24) is 20.6 Å². The molecule has 1 aliphatic carbocycles. The van der Waals surface area contributed by atoms with E-state index in [1.54, 1.807) is 31.2 Å². The molecule has 1 unspecified atom stereocenters. The van der Waals surface area contributed by atoms with Gasteiger partial charge in [-0.2, -0.15) is 0 Å². The highest BCUT2D eigenvalue weighted by Crippen LogP contribution is 2.38. The third kappa shape index (κ3) is 5.98. The van der Waals surface area contributed by atoms with Crippen molar-refractivity contribution in [3.63, 3.8) is 0 Å². The number of pyridine rings is 1. The minimum absolute atomic E-state index is 0.0586. The molecule has 2 amide bonds. The molecule has 4 aromatic rings. The van der Waals surface area contributed by atoms with Crippen LogP contribution in [0.2, 0.25) is 0 Å². The first-order chi connectivity index (χ1) is 18.9. The number of carbonyl (C=O) groups is 2. The number of aromatic hydroxyl groups is 1. The van der Waals surface area contributed by atoms with Crippen molar-refractivity contribution in [3.8, 4) is 5.75 Å². The normalized spacial score (nSPS) is 16.3. The van der Waals surface area contributed by atoms with Crippen LogP contribution in [0.1, 0.15) is 55.8 Å². The third-order valence-corrected chi connectivity index (χ3v) is 8.02. The Kier molecular flexibility index (Phi) is 7.68. The number of rotatable bonds is 9. The number of carbonyl (C=O) groups excluding carboxylic acids is 2. The number of phenolic OH excluding ortho intramolecular Hbond substituents is 1. The van der Waals surface area contributed by atoms with E-state index in [1.807, 2.05) is 48.8 Å². The molecule has 4 N–H and O–H groups in total. The number of aromatic amines is 1. The van der Waals surface area contributed by atoms with Gasteiger partial charge in [0.25, 0.3) is 0 Å². The number of benzene rings is 2. The smallest absolute Gasteiger partial charge is 0.245 e. The van der Waals surface area contributed by atoms with Crippen molar-refractivity contribution in [1.29, 1.82) is 0 Å². The van der Waals surface area contributed by atoms with Crippen LogP contribution in [-0.2, 0) is 27.8 Å². The van der Waals surface area contributed by atoms with Gasteiger partial charge < -0.3 is 20.7 Å². The first-order valence-corrected chi connectivity index (χ1v) is 13.7. The summed E-state index contributed by atoms with van der Waals surface area (Å²) in [4.78, 5) is 35.2. The number of hydrogen-bond donors (Lipinski definition) is 4. The Bertz CT molecular complexity index is 1440. The van der Waals surface area contributed by atoms with Gasteiger partial charge >= 0.3 is 0 Å². The van der Waals surface area contributed by atoms with Crippen molar-refractivity contribution in [3.05, 3.63) is 95.9 Å². The molecule has 7 heteroatoms. The van der Waals surface area contributed by atoms with E-state index in [9.17, 15) is 14.7 Å². The van der Waals surface area contributed by atoms with E-state index in [-0.39, 0.29) is 29.4 Å². The largest absolute Gasteiger partial charge is 0.508 e. The second-order valence-corrected chi connectivity index (χ2v) is 11.0. The lowest BCUT2D eigenvalue weighted by Gasteiger charge is -2.38. The first-order valence-electron chi connectivity index (χ1n) is 13.7. The fourth-order valence-electron chi connectivity index (χ4n) is 5.92. The third-order valence-electron chi connectivity index (χ3n) is 8.02. The molecule has 0 radical (unpaired) electrons. The van der Waals surface area contributed by atoms with E-state index in [4.69, 9.17) is 0 Å². The van der Waals surface area contributed by atoms with E-state index in [0.29, 0.717) is 18.5 Å². The molecule has 39 heavy (non-hydrogen) atoms. The Morgan fingerprint density at radius 1 is 1.03 bits per heavy atom. The molecule has 2 aromatic heterocycles. The minimum atomic E-state index is -1.20. The number of amides is 2. The molecular weight excluding hydrogens is 488 g/mol. The Morgan fingerprint density at radius 2 is 1.82 bits per heavy atom. The zero-order chi connectivity index (χ0) is 27.3. The summed E-state index contributed by atoms with van der Waals surface area (Å²) in [6.07, 6.45) is 9.42. The number of fused-ring (bicyclic) bond motifs is 1. The zero-order valence-electron chi connectivity index (χ0n) is 22.4. The fourth-order valence-corrected chi connectivity index (χ4v) is 5.92. The quantitative estimate of drug-likeness (QED) is 0.249. The van der Waals surface area contributed by atoms with Gasteiger partial charge in [-0.25, -0.2) is 0 Å². The number of phenols is 1. The van der Waals surface area contributed by atoms with Gasteiger partial charge in [0.15, 0.2) is 0 Å². The van der Waals surface area contributed by atoms with Crippen LogP contribution >= 0.6 is 0 Å². The molecule has 0 saturated heterocycles. The van der Waals surface area contributed by atoms with E-state index in [0.717, 1.165) is 47.8 Å². The highest BCUT2D eigenvalue weighted by Gasteiger charge is 2.40. The van der Waals surface area contributed by atoms with Gasteiger partial charge in [0.1, 0.15) is 11.3 Å². The lowest BCUT2D eigenvalue weighted by molar-refractivity contribution is -0.133. The van der Waals surface area contributed by atoms with Crippen molar-refractivity contribution in [2.45, 2.75) is 62.8 Å². The summed E-state index contributed by atoms with van der Waals surface area (Å²) in [5.41, 5.74) is 2.21. The number of H-pyrrole nitrogens is 1. The molecule has 1 aliphatic rings. The Labute approximate surface area is 229 Å². The van der Waals surface area contributed by atoms with Crippen LogP contribution in [0.15, 0.2) is 79.1 Å². The van der Waals surface area contributed by atoms with Gasteiger partial charge in [0, 0.05) is 47.4 Å². The Balaban J connectivity index is 1.39. The molecule has 1 fully saturated rings. The molecule has 2 aromatic carbocycles. The summed E-state index contributed by atoms with van der Waals surface area (Å²) in [6, 6.07) is 20.6. The average Bonchev–Trinajstić information content (AvgIpc) is 3.35. The highest BCUT2D eigenvalue weighted by atomic mass is 16.3. The summed E-state index contributed by atoms with van der Waals surface area (Å²) in [7, 11) is 0. The predicted molar refractivity (Wildman–Crippen MR) is 152 cm³/mol. The maximum Gasteiger partial charge on any atom is 0.245 e. The van der Waals surface area contributed by atoms with Crippen LogP contribution in [0.5, 0.6) is 5.75 Å². The summed E-state index contributed by atoms with van der Waals surface area (Å²) in [5, 5.41) is 17.1. The Hall–Kier alpha value is -4.13. The predicted octanol–water partition coefficient (Wildman–Crippen LogP) is 4.95. The fraction of sp³-hybridized carbons (Fsp3) is 0.344. The first kappa shape index (κ1) is 26.5. The molecule has 202 valence electrons. The minimum Gasteiger partial charge on any atom is -0.508 e. The highest BCUT2D eigenvalue weighted by molar-refractivity contribution is 5.93. The number of nitrogens with one attached hydrogen (secondary N) is 3. The van der Waals surface area contributed by atoms with Crippen LogP contribution < -0.4 is 10.6 Å². The molecule has 0 aliphatic heterocycles. The number of aromatic nitrogens is 2. The molecule has 1 saturated carbocycles. The second kappa shape index (κ2) is 11.3. The monoisotopic (exact) mass is 524 g/mol. The standard InChI is InChI=1S/C32H36N4O3/c1-31(20-24-21-34-27-13-4-3-12-26(24)27,36-29(38)19-23-10-9-11-25(37)18-23)30(39)35-22-32(15-6-2-7-16-32)28-14-5-8-17-33-28/h3-5,8-14,17-18,21,34,37H,2,6-7,15-16,19-20,22H2,1H3,(H,35,39)(H,36,38). The van der Waals surface area contributed by atoms with E-state index in [1.165, 1.54) is 6.42 Å². The van der Waals surface area contributed by atoms with Crippen molar-refractivity contribution in [2.75, 3.05) is 6.54 Å². The SMILES string of the molecule is CC(Cc1c[nH]c2ccccc12)(NC(=O)Cc1cccc(O)c1)C(=O)NCC1(c2ccccn2)CCCCC1. The maximum atomic E-state index is 14.0. The average molecular weight is 525 g/mol. The molecule has 0 bridgehead atoms. The number of nitrogens with zero attached hydrogens (tertiary/aromatic N) is 1. The molecule has 1 atom stereocenters. The van der Waals surface area contributed by atoms with Crippen LogP contribution in [-0.4, -0.2) is 39.0 Å². The summed E-state index contributed by atoms with van der Waals surface area (Å²) in [6.45, 7) is 2.26. The van der Waals surface area contributed by atoms with Gasteiger partial charge in [0.05, 0.1) is 6.42 Å². The van der Waals surface area contributed by atoms with Crippen LogP contribution in [0.25, 0.3) is 10.9 Å². The summed E-state index contributed by atoms with van der Waals surface area (Å²) < 4.78 is 0. The van der Waals surface area contributed by atoms with Crippen LogP contribution in [0.3, 0.4) is 0 Å². The zero-order valence-corrected chi connectivity index (χ0v) is 22.4. The van der Waals surface area contributed by atoms with Crippen LogP contribution in [0.4, 0.5) is 0 Å². The van der Waals surface area contributed by atoms with Crippen molar-refractivity contribution in [2.24, 2.45) is 0 Å². The maximum absolute atomic E-state index is 14.0. The van der Waals surface area contributed by atoms with Gasteiger partial charge in [-0.3, -0.25) is 14.6 Å². The van der Waals surface area contributed by atoms with E-state index in [2.05, 4.69) is 26.7 Å². The van der Waals surface area contributed by atoms with E-state index >= 15 is 0 Å². The Morgan fingerprint density at radius 3 is 2.59 bits per heavy atom. The molecule has 7 nitrogen and oxygen atoms in total. The van der Waals surface area contributed by atoms with Crippen LogP contribution in [0, 0.1) is 0 Å². The topological polar surface area (TPSA) is 107 Å². The van der Waals surface area contributed by atoms with Gasteiger partial charge in [-0.1, -0.05) is 55.7 Å².